The molecular weight excluding hydrogens is 282 g/mol. The predicted molar refractivity (Wildman–Crippen MR) is 78.7 cm³/mol. The molecule has 1 aliphatic rings. The van der Waals surface area contributed by atoms with Crippen molar-refractivity contribution in [2.45, 2.75) is 38.1 Å². The van der Waals surface area contributed by atoms with E-state index in [1.54, 1.807) is 0 Å². The molecule has 0 radical (unpaired) electrons. The molecule has 0 saturated heterocycles. The van der Waals surface area contributed by atoms with Crippen molar-refractivity contribution in [1.29, 1.82) is 0 Å². The fourth-order valence-corrected chi connectivity index (χ4v) is 2.89. The number of furan rings is 1. The van der Waals surface area contributed by atoms with Crippen LogP contribution in [0, 0.1) is 6.92 Å². The lowest BCUT2D eigenvalue weighted by Gasteiger charge is -2.17. The zero-order chi connectivity index (χ0) is 15.2. The smallest absolute Gasteiger partial charge is 0.276 e. The van der Waals surface area contributed by atoms with E-state index in [4.69, 9.17) is 14.7 Å². The number of rotatable bonds is 3. The first-order chi connectivity index (χ1) is 10.6. The van der Waals surface area contributed by atoms with Crippen LogP contribution in [-0.2, 0) is 5.54 Å². The highest BCUT2D eigenvalue weighted by Gasteiger charge is 2.36. The highest BCUT2D eigenvalue weighted by molar-refractivity contribution is 5.60. The van der Waals surface area contributed by atoms with E-state index >= 15 is 0 Å². The molecule has 3 N–H and O–H groups in total. The number of nitrogens with one attached hydrogen (secondary N) is 1. The zero-order valence-corrected chi connectivity index (χ0v) is 12.3. The molecule has 0 unspecified atom stereocenters. The fraction of sp³-hybridized carbons (Fsp3) is 0.400. The molecule has 4 rings (SSSR count). The van der Waals surface area contributed by atoms with Crippen molar-refractivity contribution in [2.24, 2.45) is 5.73 Å². The Kier molecular flexibility index (Phi) is 2.90. The van der Waals surface area contributed by atoms with Gasteiger partial charge in [-0.2, -0.15) is 10.1 Å². The summed E-state index contributed by atoms with van der Waals surface area (Å²) in [6.07, 6.45) is 4.00. The maximum Gasteiger partial charge on any atom is 0.276 e. The fourth-order valence-electron chi connectivity index (χ4n) is 2.89. The Labute approximate surface area is 126 Å². The third-order valence-electron chi connectivity index (χ3n) is 4.17. The normalized spacial score (nSPS) is 17.2. The van der Waals surface area contributed by atoms with Crippen molar-refractivity contribution in [1.82, 2.24) is 20.3 Å². The summed E-state index contributed by atoms with van der Waals surface area (Å²) in [6, 6.07) is 5.60. The van der Waals surface area contributed by atoms with E-state index in [-0.39, 0.29) is 0 Å². The first-order valence-corrected chi connectivity index (χ1v) is 7.40. The molecule has 0 atom stereocenters. The van der Waals surface area contributed by atoms with Crippen molar-refractivity contribution in [3.63, 3.8) is 0 Å². The molecule has 0 aliphatic heterocycles. The second kappa shape index (κ2) is 4.81. The van der Waals surface area contributed by atoms with E-state index in [9.17, 15) is 0 Å². The Hall–Kier alpha value is -2.41. The number of aromatic nitrogens is 4. The van der Waals surface area contributed by atoms with Crippen molar-refractivity contribution in [3.8, 4) is 23.0 Å². The molecule has 22 heavy (non-hydrogen) atoms. The summed E-state index contributed by atoms with van der Waals surface area (Å²) in [4.78, 5) is 4.44. The van der Waals surface area contributed by atoms with Crippen LogP contribution in [0.1, 0.15) is 37.3 Å². The van der Waals surface area contributed by atoms with Crippen LogP contribution in [0.4, 0.5) is 0 Å². The van der Waals surface area contributed by atoms with Crippen LogP contribution in [0.5, 0.6) is 0 Å². The Morgan fingerprint density at radius 3 is 2.82 bits per heavy atom. The Bertz CT molecular complexity index is 794. The average Bonchev–Trinajstić information content (AvgIpc) is 3.25. The van der Waals surface area contributed by atoms with E-state index in [1.807, 2.05) is 25.1 Å². The largest absolute Gasteiger partial charge is 0.460 e. The molecule has 3 aromatic rings. The lowest BCUT2D eigenvalue weighted by atomic mass is 9.99. The van der Waals surface area contributed by atoms with Gasteiger partial charge in [0.2, 0.25) is 0 Å². The van der Waals surface area contributed by atoms with Gasteiger partial charge in [-0.05, 0) is 31.9 Å². The van der Waals surface area contributed by atoms with Crippen molar-refractivity contribution in [2.75, 3.05) is 0 Å². The minimum Gasteiger partial charge on any atom is -0.460 e. The monoisotopic (exact) mass is 299 g/mol. The molecule has 7 nitrogen and oxygen atoms in total. The summed E-state index contributed by atoms with van der Waals surface area (Å²) in [7, 11) is 0. The van der Waals surface area contributed by atoms with Crippen LogP contribution in [0.3, 0.4) is 0 Å². The van der Waals surface area contributed by atoms with Crippen LogP contribution in [0.2, 0.25) is 0 Å². The quantitative estimate of drug-likeness (QED) is 0.770. The number of nitrogens with two attached hydrogens (primary N) is 1. The number of H-pyrrole nitrogens is 1. The average molecular weight is 299 g/mol. The number of hydrogen-bond acceptors (Lipinski definition) is 6. The molecule has 1 saturated carbocycles. The van der Waals surface area contributed by atoms with Gasteiger partial charge in [-0.25, -0.2) is 0 Å². The van der Waals surface area contributed by atoms with Gasteiger partial charge in [-0.15, -0.1) is 0 Å². The Balaban J connectivity index is 1.63. The molecule has 0 aromatic carbocycles. The molecule has 1 fully saturated rings. The minimum absolute atomic E-state index is 0.397. The number of nitrogens with zero attached hydrogens (tertiary/aromatic N) is 3. The van der Waals surface area contributed by atoms with Gasteiger partial charge in [-0.1, -0.05) is 18.0 Å². The van der Waals surface area contributed by atoms with E-state index in [0.717, 1.165) is 31.4 Å². The van der Waals surface area contributed by atoms with Crippen molar-refractivity contribution in [3.05, 3.63) is 29.8 Å². The molecule has 7 heteroatoms. The highest BCUT2D eigenvalue weighted by atomic mass is 16.5. The third-order valence-corrected chi connectivity index (χ3v) is 4.17. The summed E-state index contributed by atoms with van der Waals surface area (Å²) in [5.74, 6) is 2.51. The number of hydrogen-bond donors (Lipinski definition) is 2. The van der Waals surface area contributed by atoms with Crippen LogP contribution in [0.15, 0.2) is 27.1 Å². The van der Waals surface area contributed by atoms with E-state index in [2.05, 4.69) is 20.3 Å². The summed E-state index contributed by atoms with van der Waals surface area (Å²) in [5, 5.41) is 11.2. The molecule has 0 bridgehead atoms. The van der Waals surface area contributed by atoms with E-state index < -0.39 is 5.54 Å². The first-order valence-electron chi connectivity index (χ1n) is 7.40. The van der Waals surface area contributed by atoms with Crippen molar-refractivity contribution >= 4 is 0 Å². The second-order valence-corrected chi connectivity index (χ2v) is 5.86. The Morgan fingerprint density at radius 1 is 1.27 bits per heavy atom. The lowest BCUT2D eigenvalue weighted by molar-refractivity contribution is 0.372. The molecule has 114 valence electrons. The topological polar surface area (TPSA) is 107 Å². The van der Waals surface area contributed by atoms with Gasteiger partial charge >= 0.3 is 0 Å². The Morgan fingerprint density at radius 2 is 2.09 bits per heavy atom. The van der Waals surface area contributed by atoms with Crippen LogP contribution in [-0.4, -0.2) is 20.3 Å². The van der Waals surface area contributed by atoms with Crippen LogP contribution < -0.4 is 5.73 Å². The van der Waals surface area contributed by atoms with Gasteiger partial charge in [0.15, 0.2) is 11.6 Å². The van der Waals surface area contributed by atoms with E-state index in [1.165, 1.54) is 0 Å². The van der Waals surface area contributed by atoms with Gasteiger partial charge < -0.3 is 14.7 Å². The van der Waals surface area contributed by atoms with E-state index in [0.29, 0.717) is 28.9 Å². The minimum atomic E-state index is -0.456. The summed E-state index contributed by atoms with van der Waals surface area (Å²) >= 11 is 0. The summed E-state index contributed by atoms with van der Waals surface area (Å²) in [6.45, 7) is 1.89. The summed E-state index contributed by atoms with van der Waals surface area (Å²) < 4.78 is 10.9. The van der Waals surface area contributed by atoms with Gasteiger partial charge in [-0.3, -0.25) is 5.10 Å². The molecule has 3 heterocycles. The highest BCUT2D eigenvalue weighted by Crippen LogP contribution is 2.35. The molecular formula is C15H17N5O2. The molecule has 3 aromatic heterocycles. The van der Waals surface area contributed by atoms with Gasteiger partial charge in [0.1, 0.15) is 17.1 Å². The van der Waals surface area contributed by atoms with Crippen LogP contribution in [0.25, 0.3) is 23.0 Å². The van der Waals surface area contributed by atoms with Crippen molar-refractivity contribution < 1.29 is 8.94 Å². The van der Waals surface area contributed by atoms with Crippen LogP contribution >= 0.6 is 0 Å². The predicted octanol–water partition coefficient (Wildman–Crippen LogP) is 2.76. The molecule has 0 spiro atoms. The van der Waals surface area contributed by atoms with Gasteiger partial charge in [0.25, 0.3) is 5.89 Å². The standard InChI is InChI=1S/C15H17N5O2/c1-9-4-5-12(21-9)10-8-11(19-18-10)13-17-14(20-22-13)15(16)6-2-3-7-15/h4-5,8H,2-3,6-7,16H2,1H3,(H,18,19). The maximum absolute atomic E-state index is 6.34. The zero-order valence-electron chi connectivity index (χ0n) is 12.3. The lowest BCUT2D eigenvalue weighted by Crippen LogP contribution is -2.34. The summed E-state index contributed by atoms with van der Waals surface area (Å²) in [5.41, 5.74) is 7.25. The third kappa shape index (κ3) is 2.14. The van der Waals surface area contributed by atoms with Gasteiger partial charge in [0, 0.05) is 6.07 Å². The number of aromatic amines is 1. The van der Waals surface area contributed by atoms with Gasteiger partial charge in [0.05, 0.1) is 5.54 Å². The first kappa shape index (κ1) is 13.3. The maximum atomic E-state index is 6.34. The SMILES string of the molecule is Cc1ccc(-c2cc(-c3nc(C4(N)CCCC4)no3)[nH]n2)o1. The number of aryl methyl sites for hydroxylation is 1. The second-order valence-electron chi connectivity index (χ2n) is 5.86. The molecule has 0 amide bonds. The molecule has 1 aliphatic carbocycles.